The Balaban J connectivity index is 1.16. The van der Waals surface area contributed by atoms with E-state index in [-0.39, 0.29) is 17.9 Å². The van der Waals surface area contributed by atoms with Crippen molar-refractivity contribution >= 4 is 22.8 Å². The standard InChI is InChI=1S/C25H29N9O2/c26-24-23-21(13-20(30-31-23)19-3-1-2-4-22(19)35)34(32-24)16-7-11-33(12-8-16)25-28-14-18(15-29-25)36-17-5-9-27-10-6-17/h1-4,13-17,27,35H,5-12H2,(H2,26,32). The van der Waals surface area contributed by atoms with E-state index in [9.17, 15) is 5.11 Å². The van der Waals surface area contributed by atoms with Crippen LogP contribution < -0.4 is 20.7 Å². The molecule has 0 saturated carbocycles. The zero-order valence-electron chi connectivity index (χ0n) is 19.9. The van der Waals surface area contributed by atoms with E-state index >= 15 is 0 Å². The predicted molar refractivity (Wildman–Crippen MR) is 136 cm³/mol. The van der Waals surface area contributed by atoms with Crippen LogP contribution in [0.15, 0.2) is 42.7 Å². The number of benzene rings is 1. The van der Waals surface area contributed by atoms with Crippen LogP contribution in [0.25, 0.3) is 22.3 Å². The van der Waals surface area contributed by atoms with Crippen LogP contribution in [0.4, 0.5) is 11.8 Å². The topological polar surface area (TPSA) is 140 Å². The molecule has 0 aliphatic carbocycles. The lowest BCUT2D eigenvalue weighted by atomic mass is 10.1. The third-order valence-electron chi connectivity index (χ3n) is 6.96. The summed E-state index contributed by atoms with van der Waals surface area (Å²) in [5, 5.41) is 26.8. The number of para-hydroxylation sites is 1. The first-order valence-corrected chi connectivity index (χ1v) is 12.4. The van der Waals surface area contributed by atoms with E-state index in [0.29, 0.717) is 28.5 Å². The third-order valence-corrected chi connectivity index (χ3v) is 6.96. The summed E-state index contributed by atoms with van der Waals surface area (Å²) in [6, 6.07) is 9.14. The van der Waals surface area contributed by atoms with Crippen molar-refractivity contribution in [2.75, 3.05) is 36.8 Å². The molecular formula is C25H29N9O2. The second-order valence-corrected chi connectivity index (χ2v) is 9.31. The highest BCUT2D eigenvalue weighted by Gasteiger charge is 2.26. The maximum atomic E-state index is 10.3. The van der Waals surface area contributed by atoms with Gasteiger partial charge in [0.2, 0.25) is 5.95 Å². The molecule has 3 aromatic heterocycles. The summed E-state index contributed by atoms with van der Waals surface area (Å²) < 4.78 is 7.99. The van der Waals surface area contributed by atoms with Gasteiger partial charge in [0.1, 0.15) is 11.9 Å². The quantitative estimate of drug-likeness (QED) is 0.385. The van der Waals surface area contributed by atoms with E-state index in [2.05, 4.69) is 35.5 Å². The number of nitrogens with two attached hydrogens (primary N) is 1. The SMILES string of the molecule is Nc1nn(C2CCN(c3ncc(OC4CCNCC4)cn3)CC2)c2cc(-c3ccccc3O)nnc12. The van der Waals surface area contributed by atoms with Gasteiger partial charge in [0.25, 0.3) is 0 Å². The van der Waals surface area contributed by atoms with Crippen LogP contribution in [0.3, 0.4) is 0 Å². The van der Waals surface area contributed by atoms with Gasteiger partial charge in [-0.15, -0.1) is 10.2 Å². The zero-order valence-corrected chi connectivity index (χ0v) is 19.9. The van der Waals surface area contributed by atoms with Crippen molar-refractivity contribution in [1.29, 1.82) is 0 Å². The second kappa shape index (κ2) is 9.57. The Kier molecular flexibility index (Phi) is 5.98. The Morgan fingerprint density at radius 3 is 2.50 bits per heavy atom. The molecule has 0 bridgehead atoms. The number of aromatic nitrogens is 6. The highest BCUT2D eigenvalue weighted by molar-refractivity contribution is 5.87. The van der Waals surface area contributed by atoms with Crippen molar-refractivity contribution < 1.29 is 9.84 Å². The molecule has 0 unspecified atom stereocenters. The molecule has 11 heteroatoms. The first-order chi connectivity index (χ1) is 17.7. The molecule has 4 aromatic rings. The monoisotopic (exact) mass is 487 g/mol. The number of nitrogen functional groups attached to an aromatic ring is 1. The molecule has 5 heterocycles. The molecule has 1 aromatic carbocycles. The third kappa shape index (κ3) is 4.37. The number of nitrogens with zero attached hydrogens (tertiary/aromatic N) is 7. The Hall–Kier alpha value is -3.99. The molecule has 11 nitrogen and oxygen atoms in total. The van der Waals surface area contributed by atoms with Gasteiger partial charge in [-0.25, -0.2) is 9.97 Å². The van der Waals surface area contributed by atoms with Gasteiger partial charge < -0.3 is 25.8 Å². The van der Waals surface area contributed by atoms with Crippen LogP contribution in [-0.2, 0) is 0 Å². The number of rotatable bonds is 5. The molecule has 2 saturated heterocycles. The molecule has 4 N–H and O–H groups in total. The number of ether oxygens (including phenoxy) is 1. The number of phenolic OH excluding ortho intramolecular Hbond substituents is 1. The lowest BCUT2D eigenvalue weighted by molar-refractivity contribution is 0.161. The summed E-state index contributed by atoms with van der Waals surface area (Å²) in [6.07, 6.45) is 7.50. The van der Waals surface area contributed by atoms with Gasteiger partial charge in [-0.3, -0.25) is 4.68 Å². The van der Waals surface area contributed by atoms with E-state index in [1.807, 2.05) is 22.9 Å². The Bertz CT molecular complexity index is 1340. The lowest BCUT2D eigenvalue weighted by Crippen LogP contribution is -2.36. The second-order valence-electron chi connectivity index (χ2n) is 9.31. The molecule has 2 fully saturated rings. The van der Waals surface area contributed by atoms with E-state index in [4.69, 9.17) is 10.5 Å². The molecule has 0 amide bonds. The van der Waals surface area contributed by atoms with Gasteiger partial charge in [-0.2, -0.15) is 5.10 Å². The van der Waals surface area contributed by atoms with Gasteiger partial charge in [0.05, 0.1) is 29.6 Å². The van der Waals surface area contributed by atoms with Crippen molar-refractivity contribution in [2.24, 2.45) is 0 Å². The molecule has 6 rings (SSSR count). The summed E-state index contributed by atoms with van der Waals surface area (Å²) in [6.45, 7) is 3.56. The first kappa shape index (κ1) is 22.5. The Labute approximate surface area is 208 Å². The van der Waals surface area contributed by atoms with E-state index in [1.165, 1.54) is 0 Å². The first-order valence-electron chi connectivity index (χ1n) is 12.4. The summed E-state index contributed by atoms with van der Waals surface area (Å²) in [7, 11) is 0. The number of hydrogen-bond acceptors (Lipinski definition) is 10. The average molecular weight is 488 g/mol. The van der Waals surface area contributed by atoms with Gasteiger partial charge in [0, 0.05) is 18.7 Å². The largest absolute Gasteiger partial charge is 0.507 e. The molecule has 2 aliphatic rings. The highest BCUT2D eigenvalue weighted by atomic mass is 16.5. The smallest absolute Gasteiger partial charge is 0.225 e. The van der Waals surface area contributed by atoms with Crippen LogP contribution in [0.2, 0.25) is 0 Å². The van der Waals surface area contributed by atoms with Gasteiger partial charge in [-0.05, 0) is 57.0 Å². The van der Waals surface area contributed by atoms with Crippen LogP contribution >= 0.6 is 0 Å². The summed E-state index contributed by atoms with van der Waals surface area (Å²) in [5.74, 6) is 1.95. The van der Waals surface area contributed by atoms with E-state index in [0.717, 1.165) is 63.1 Å². The molecule has 36 heavy (non-hydrogen) atoms. The van der Waals surface area contributed by atoms with Gasteiger partial charge in [0.15, 0.2) is 17.1 Å². The van der Waals surface area contributed by atoms with Crippen molar-refractivity contribution in [2.45, 2.75) is 37.8 Å². The van der Waals surface area contributed by atoms with Crippen LogP contribution in [0.5, 0.6) is 11.5 Å². The number of aromatic hydroxyl groups is 1. The molecule has 0 radical (unpaired) electrons. The number of piperidine rings is 2. The molecular weight excluding hydrogens is 458 g/mol. The Morgan fingerprint density at radius 2 is 1.75 bits per heavy atom. The Morgan fingerprint density at radius 1 is 1.00 bits per heavy atom. The van der Waals surface area contributed by atoms with E-state index < -0.39 is 0 Å². The van der Waals surface area contributed by atoms with Gasteiger partial charge in [-0.1, -0.05) is 12.1 Å². The number of phenols is 1. The number of nitrogens with one attached hydrogen (secondary N) is 1. The minimum absolute atomic E-state index is 0.157. The fourth-order valence-electron chi connectivity index (χ4n) is 5.01. The minimum atomic E-state index is 0.157. The molecule has 0 spiro atoms. The van der Waals surface area contributed by atoms with Crippen molar-refractivity contribution in [1.82, 2.24) is 35.3 Å². The van der Waals surface area contributed by atoms with Crippen molar-refractivity contribution in [3.8, 4) is 22.8 Å². The van der Waals surface area contributed by atoms with Crippen LogP contribution in [-0.4, -0.2) is 67.3 Å². The number of fused-ring (bicyclic) bond motifs is 1. The summed E-state index contributed by atoms with van der Waals surface area (Å²) in [5.41, 5.74) is 8.77. The summed E-state index contributed by atoms with van der Waals surface area (Å²) in [4.78, 5) is 11.3. The zero-order chi connectivity index (χ0) is 24.5. The molecule has 2 aliphatic heterocycles. The van der Waals surface area contributed by atoms with Crippen LogP contribution in [0.1, 0.15) is 31.7 Å². The maximum Gasteiger partial charge on any atom is 0.225 e. The summed E-state index contributed by atoms with van der Waals surface area (Å²) >= 11 is 0. The minimum Gasteiger partial charge on any atom is -0.507 e. The van der Waals surface area contributed by atoms with Gasteiger partial charge >= 0.3 is 0 Å². The molecule has 186 valence electrons. The fourth-order valence-corrected chi connectivity index (χ4v) is 5.01. The maximum absolute atomic E-state index is 10.3. The average Bonchev–Trinajstić information content (AvgIpc) is 3.26. The van der Waals surface area contributed by atoms with Crippen molar-refractivity contribution in [3.63, 3.8) is 0 Å². The normalized spacial score (nSPS) is 17.5. The van der Waals surface area contributed by atoms with Crippen LogP contribution in [0, 0.1) is 0 Å². The molecule has 0 atom stereocenters. The number of hydrogen-bond donors (Lipinski definition) is 3. The highest BCUT2D eigenvalue weighted by Crippen LogP contribution is 2.33. The predicted octanol–water partition coefficient (Wildman–Crippen LogP) is 2.54. The lowest BCUT2D eigenvalue weighted by Gasteiger charge is -2.32. The van der Waals surface area contributed by atoms with Crippen molar-refractivity contribution in [3.05, 3.63) is 42.7 Å². The van der Waals surface area contributed by atoms with E-state index in [1.54, 1.807) is 24.5 Å². The fraction of sp³-hybridized carbons (Fsp3) is 0.400. The number of anilines is 2.